The summed E-state index contributed by atoms with van der Waals surface area (Å²) in [5.41, 5.74) is 7.43. The van der Waals surface area contributed by atoms with Gasteiger partial charge in [-0.2, -0.15) is 0 Å². The van der Waals surface area contributed by atoms with E-state index in [-0.39, 0.29) is 6.04 Å². The third kappa shape index (κ3) is 4.01. The van der Waals surface area contributed by atoms with Gasteiger partial charge in [0.1, 0.15) is 0 Å². The van der Waals surface area contributed by atoms with Gasteiger partial charge in [-0.15, -0.1) is 0 Å². The van der Waals surface area contributed by atoms with Gasteiger partial charge in [0.2, 0.25) is 0 Å². The molecule has 0 amide bonds. The van der Waals surface area contributed by atoms with Gasteiger partial charge >= 0.3 is 0 Å². The van der Waals surface area contributed by atoms with Gasteiger partial charge in [0.25, 0.3) is 0 Å². The first-order valence-electron chi connectivity index (χ1n) is 6.77. The van der Waals surface area contributed by atoms with Crippen LogP contribution in [-0.4, -0.2) is 0 Å². The van der Waals surface area contributed by atoms with Crippen molar-refractivity contribution in [3.8, 4) is 0 Å². The van der Waals surface area contributed by atoms with Gasteiger partial charge in [-0.3, -0.25) is 0 Å². The molecule has 1 aliphatic rings. The summed E-state index contributed by atoms with van der Waals surface area (Å²) in [7, 11) is 0. The highest BCUT2D eigenvalue weighted by molar-refractivity contribution is 6.30. The predicted octanol–water partition coefficient (Wildman–Crippen LogP) is 4.70. The summed E-state index contributed by atoms with van der Waals surface area (Å²) in [5, 5.41) is 0.785. The van der Waals surface area contributed by atoms with Crippen LogP contribution in [0.4, 0.5) is 0 Å². The number of benzene rings is 1. The van der Waals surface area contributed by atoms with Crippen LogP contribution in [0, 0.1) is 5.92 Å². The molecular formula is C15H22ClN. The molecule has 1 saturated carbocycles. The Morgan fingerprint density at radius 3 is 2.41 bits per heavy atom. The largest absolute Gasteiger partial charge is 0.324 e. The lowest BCUT2D eigenvalue weighted by molar-refractivity contribution is 0.324. The van der Waals surface area contributed by atoms with Gasteiger partial charge in [-0.1, -0.05) is 55.8 Å². The van der Waals surface area contributed by atoms with E-state index in [9.17, 15) is 0 Å². The Balaban J connectivity index is 1.80. The maximum absolute atomic E-state index is 6.22. The molecule has 2 rings (SSSR count). The van der Waals surface area contributed by atoms with Crippen molar-refractivity contribution in [1.82, 2.24) is 0 Å². The molecule has 0 saturated heterocycles. The van der Waals surface area contributed by atoms with E-state index >= 15 is 0 Å². The number of rotatable bonds is 4. The molecule has 0 radical (unpaired) electrons. The Morgan fingerprint density at radius 2 is 1.76 bits per heavy atom. The molecule has 0 aromatic heterocycles. The lowest BCUT2D eigenvalue weighted by Crippen LogP contribution is -2.14. The molecular weight excluding hydrogens is 230 g/mol. The molecule has 1 aromatic rings. The molecule has 0 aliphatic heterocycles. The lowest BCUT2D eigenvalue weighted by atomic mass is 9.84. The quantitative estimate of drug-likeness (QED) is 0.825. The Kier molecular flexibility index (Phi) is 4.87. The summed E-state index contributed by atoms with van der Waals surface area (Å²) in [6.45, 7) is 0. The highest BCUT2D eigenvalue weighted by atomic mass is 35.5. The van der Waals surface area contributed by atoms with Crippen LogP contribution in [0.3, 0.4) is 0 Å². The van der Waals surface area contributed by atoms with Gasteiger partial charge in [-0.25, -0.2) is 0 Å². The Morgan fingerprint density at radius 1 is 1.12 bits per heavy atom. The van der Waals surface area contributed by atoms with Crippen molar-refractivity contribution in [3.05, 3.63) is 34.9 Å². The van der Waals surface area contributed by atoms with Crippen LogP contribution in [0.2, 0.25) is 5.02 Å². The molecule has 94 valence electrons. The second kappa shape index (κ2) is 6.42. The molecule has 0 spiro atoms. The van der Waals surface area contributed by atoms with Crippen molar-refractivity contribution >= 4 is 11.6 Å². The fourth-order valence-corrected chi connectivity index (χ4v) is 2.89. The van der Waals surface area contributed by atoms with E-state index in [1.807, 2.05) is 24.3 Å². The van der Waals surface area contributed by atoms with Crippen molar-refractivity contribution < 1.29 is 0 Å². The van der Waals surface area contributed by atoms with Crippen LogP contribution in [0.25, 0.3) is 0 Å². The predicted molar refractivity (Wildman–Crippen MR) is 74.2 cm³/mol. The Labute approximate surface area is 109 Å². The van der Waals surface area contributed by atoms with Gasteiger partial charge in [0, 0.05) is 11.1 Å². The number of halogens is 1. The molecule has 0 heterocycles. The molecule has 1 nitrogen and oxygen atoms in total. The molecule has 1 atom stereocenters. The van der Waals surface area contributed by atoms with Gasteiger partial charge in [0.15, 0.2) is 0 Å². The minimum absolute atomic E-state index is 0.175. The zero-order valence-corrected chi connectivity index (χ0v) is 11.1. The van der Waals surface area contributed by atoms with Crippen LogP contribution in [-0.2, 0) is 0 Å². The summed E-state index contributed by atoms with van der Waals surface area (Å²) < 4.78 is 0. The van der Waals surface area contributed by atoms with Crippen molar-refractivity contribution in [2.24, 2.45) is 11.7 Å². The fourth-order valence-electron chi connectivity index (χ4n) is 2.77. The molecule has 1 aliphatic carbocycles. The fraction of sp³-hybridized carbons (Fsp3) is 0.600. The first-order chi connectivity index (χ1) is 8.25. The highest BCUT2D eigenvalue weighted by Gasteiger charge is 2.15. The number of nitrogens with two attached hydrogens (primary N) is 1. The molecule has 2 heteroatoms. The second-order valence-electron chi connectivity index (χ2n) is 5.24. The maximum atomic E-state index is 6.22. The average Bonchev–Trinajstić information content (AvgIpc) is 2.38. The van der Waals surface area contributed by atoms with Crippen LogP contribution >= 0.6 is 11.6 Å². The molecule has 17 heavy (non-hydrogen) atoms. The molecule has 1 aromatic carbocycles. The van der Waals surface area contributed by atoms with Crippen molar-refractivity contribution in [3.63, 3.8) is 0 Å². The average molecular weight is 252 g/mol. The monoisotopic (exact) mass is 251 g/mol. The van der Waals surface area contributed by atoms with E-state index in [0.29, 0.717) is 0 Å². The van der Waals surface area contributed by atoms with Crippen LogP contribution in [0.5, 0.6) is 0 Å². The van der Waals surface area contributed by atoms with Crippen LogP contribution in [0.15, 0.2) is 24.3 Å². The zero-order chi connectivity index (χ0) is 12.1. The highest BCUT2D eigenvalue weighted by Crippen LogP contribution is 2.29. The first kappa shape index (κ1) is 12.9. The Hall–Kier alpha value is -0.530. The third-order valence-corrected chi connectivity index (χ3v) is 4.16. The number of hydrogen-bond donors (Lipinski definition) is 1. The number of hydrogen-bond acceptors (Lipinski definition) is 1. The van der Waals surface area contributed by atoms with Gasteiger partial charge in [-0.05, 0) is 36.5 Å². The van der Waals surface area contributed by atoms with E-state index in [4.69, 9.17) is 17.3 Å². The van der Waals surface area contributed by atoms with Crippen molar-refractivity contribution in [2.45, 2.75) is 51.0 Å². The molecule has 1 unspecified atom stereocenters. The van der Waals surface area contributed by atoms with Crippen LogP contribution < -0.4 is 5.73 Å². The van der Waals surface area contributed by atoms with E-state index < -0.39 is 0 Å². The minimum Gasteiger partial charge on any atom is -0.324 e. The standard InChI is InChI=1S/C15H22ClN/c16-14-9-7-13(8-10-14)15(17)11-6-12-4-2-1-3-5-12/h7-10,12,15H,1-6,11,17H2. The van der Waals surface area contributed by atoms with E-state index in [0.717, 1.165) is 17.4 Å². The SMILES string of the molecule is NC(CCC1CCCCC1)c1ccc(Cl)cc1. The topological polar surface area (TPSA) is 26.0 Å². The Bertz CT molecular complexity index is 327. The zero-order valence-electron chi connectivity index (χ0n) is 10.4. The summed E-state index contributed by atoms with van der Waals surface area (Å²) in [6.07, 6.45) is 9.47. The van der Waals surface area contributed by atoms with Crippen molar-refractivity contribution in [2.75, 3.05) is 0 Å². The third-order valence-electron chi connectivity index (χ3n) is 3.91. The molecule has 0 bridgehead atoms. The second-order valence-corrected chi connectivity index (χ2v) is 5.68. The lowest BCUT2D eigenvalue weighted by Gasteiger charge is -2.23. The summed E-state index contributed by atoms with van der Waals surface area (Å²) >= 11 is 5.87. The van der Waals surface area contributed by atoms with Gasteiger partial charge < -0.3 is 5.73 Å². The van der Waals surface area contributed by atoms with Crippen LogP contribution in [0.1, 0.15) is 56.6 Å². The van der Waals surface area contributed by atoms with E-state index in [1.54, 1.807) is 0 Å². The summed E-state index contributed by atoms with van der Waals surface area (Å²) in [6, 6.07) is 8.13. The maximum Gasteiger partial charge on any atom is 0.0406 e. The van der Waals surface area contributed by atoms with Crippen molar-refractivity contribution in [1.29, 1.82) is 0 Å². The summed E-state index contributed by atoms with van der Waals surface area (Å²) in [5.74, 6) is 0.919. The minimum atomic E-state index is 0.175. The summed E-state index contributed by atoms with van der Waals surface area (Å²) in [4.78, 5) is 0. The van der Waals surface area contributed by atoms with Gasteiger partial charge in [0.05, 0.1) is 0 Å². The smallest absolute Gasteiger partial charge is 0.0406 e. The molecule has 1 fully saturated rings. The molecule has 2 N–H and O–H groups in total. The van der Waals surface area contributed by atoms with E-state index in [2.05, 4.69) is 0 Å². The first-order valence-corrected chi connectivity index (χ1v) is 7.14. The van der Waals surface area contributed by atoms with E-state index in [1.165, 1.54) is 44.1 Å². The normalized spacial score (nSPS) is 19.2.